The fourth-order valence-electron chi connectivity index (χ4n) is 3.25. The van der Waals surface area contributed by atoms with Crippen molar-refractivity contribution < 1.29 is 34.0 Å². The molecule has 5 N–H and O–H groups in total. The van der Waals surface area contributed by atoms with Crippen LogP contribution >= 0.6 is 0 Å². The Bertz CT molecular complexity index is 1010. The summed E-state index contributed by atoms with van der Waals surface area (Å²) in [7, 11) is 0. The van der Waals surface area contributed by atoms with Crippen molar-refractivity contribution in [3.8, 4) is 11.3 Å². The van der Waals surface area contributed by atoms with E-state index in [4.69, 9.17) is 18.7 Å². The van der Waals surface area contributed by atoms with Crippen LogP contribution in [-0.4, -0.2) is 57.7 Å². The van der Waals surface area contributed by atoms with Gasteiger partial charge in [0.2, 0.25) is 0 Å². The van der Waals surface area contributed by atoms with E-state index >= 15 is 0 Å². The van der Waals surface area contributed by atoms with Crippen molar-refractivity contribution in [2.24, 2.45) is 0 Å². The molecule has 0 radical (unpaired) electrons. The molecule has 4 rings (SSSR count). The number of nitrogens with one attached hydrogen (secondary N) is 1. The average molecular weight is 389 g/mol. The highest BCUT2D eigenvalue weighted by atomic mass is 16.6. The predicted octanol–water partition coefficient (Wildman–Crippen LogP) is 0.265. The molecule has 1 aliphatic rings. The van der Waals surface area contributed by atoms with Crippen LogP contribution in [0.25, 0.3) is 22.3 Å². The van der Waals surface area contributed by atoms with Gasteiger partial charge in [0, 0.05) is 17.1 Å². The van der Waals surface area contributed by atoms with E-state index in [0.29, 0.717) is 28.0 Å². The summed E-state index contributed by atoms with van der Waals surface area (Å²) in [5, 5.41) is 42.9. The molecule has 4 unspecified atom stereocenters. The highest BCUT2D eigenvalue weighted by Crippen LogP contribution is 2.27. The molecule has 9 nitrogen and oxygen atoms in total. The van der Waals surface area contributed by atoms with Crippen molar-refractivity contribution in [3.05, 3.63) is 53.1 Å². The molecule has 1 aromatic carbocycles. The fourth-order valence-corrected chi connectivity index (χ4v) is 3.25. The van der Waals surface area contributed by atoms with Crippen LogP contribution in [0.5, 0.6) is 0 Å². The fraction of sp³-hybridized carbons (Fsp3) is 0.316. The second kappa shape index (κ2) is 7.38. The maximum atomic E-state index is 12.2. The van der Waals surface area contributed by atoms with Crippen LogP contribution in [0, 0.1) is 0 Å². The number of rotatable bonds is 4. The molecule has 0 saturated carbocycles. The van der Waals surface area contributed by atoms with E-state index in [1.54, 1.807) is 30.3 Å². The minimum Gasteiger partial charge on any atom is -0.464 e. The molecule has 28 heavy (non-hydrogen) atoms. The van der Waals surface area contributed by atoms with Gasteiger partial charge in [0.05, 0.1) is 12.9 Å². The van der Waals surface area contributed by atoms with Crippen LogP contribution in [0.3, 0.4) is 0 Å². The highest BCUT2D eigenvalue weighted by Gasteiger charge is 2.43. The van der Waals surface area contributed by atoms with Gasteiger partial charge in [-0.2, -0.15) is 0 Å². The van der Waals surface area contributed by atoms with Gasteiger partial charge in [-0.25, -0.2) is 4.79 Å². The van der Waals surface area contributed by atoms with Crippen LogP contribution in [0.15, 0.2) is 56.3 Å². The van der Waals surface area contributed by atoms with Crippen LogP contribution in [0.2, 0.25) is 0 Å². The SMILES string of the molecule is O=c1oc2cc(NC3C(O)OC(CO)[C@H](O)C3O)ccc2cc1-c1ccco1. The number of ether oxygens (including phenoxy) is 1. The van der Waals surface area contributed by atoms with Crippen LogP contribution in [0.4, 0.5) is 5.69 Å². The number of benzene rings is 1. The van der Waals surface area contributed by atoms with E-state index in [1.807, 2.05) is 0 Å². The van der Waals surface area contributed by atoms with E-state index in [2.05, 4.69) is 5.32 Å². The number of aliphatic hydroxyl groups is 4. The summed E-state index contributed by atoms with van der Waals surface area (Å²) < 4.78 is 15.7. The van der Waals surface area contributed by atoms with Crippen molar-refractivity contribution >= 4 is 16.7 Å². The summed E-state index contributed by atoms with van der Waals surface area (Å²) in [6.07, 6.45) is -3.84. The van der Waals surface area contributed by atoms with Gasteiger partial charge in [-0.15, -0.1) is 0 Å². The largest absolute Gasteiger partial charge is 0.464 e. The van der Waals surface area contributed by atoms with Gasteiger partial charge in [-0.1, -0.05) is 0 Å². The lowest BCUT2D eigenvalue weighted by Crippen LogP contribution is -2.61. The Kier molecular flexibility index (Phi) is 4.92. The summed E-state index contributed by atoms with van der Waals surface area (Å²) in [6.45, 7) is -0.541. The van der Waals surface area contributed by atoms with Crippen LogP contribution in [-0.2, 0) is 4.74 Å². The van der Waals surface area contributed by atoms with Crippen molar-refractivity contribution in [2.45, 2.75) is 30.6 Å². The van der Waals surface area contributed by atoms with Crippen molar-refractivity contribution in [2.75, 3.05) is 11.9 Å². The lowest BCUT2D eigenvalue weighted by Gasteiger charge is -2.40. The molecule has 1 saturated heterocycles. The maximum Gasteiger partial charge on any atom is 0.347 e. The molecule has 1 aliphatic heterocycles. The third kappa shape index (κ3) is 3.30. The molecule has 1 fully saturated rings. The number of anilines is 1. The van der Waals surface area contributed by atoms with Crippen LogP contribution in [0.1, 0.15) is 0 Å². The molecule has 0 amide bonds. The summed E-state index contributed by atoms with van der Waals surface area (Å²) in [4.78, 5) is 12.2. The van der Waals surface area contributed by atoms with Gasteiger partial charge in [0.25, 0.3) is 0 Å². The minimum atomic E-state index is -1.46. The molecular weight excluding hydrogens is 370 g/mol. The smallest absolute Gasteiger partial charge is 0.347 e. The molecule has 148 valence electrons. The quantitative estimate of drug-likeness (QED) is 0.397. The Morgan fingerprint density at radius 3 is 2.61 bits per heavy atom. The molecule has 9 heteroatoms. The normalized spacial score (nSPS) is 27.8. The Balaban J connectivity index is 1.62. The number of hydrogen-bond donors (Lipinski definition) is 5. The molecular formula is C19H19NO8. The van der Waals surface area contributed by atoms with E-state index in [1.165, 1.54) is 12.3 Å². The molecule has 3 heterocycles. The van der Waals surface area contributed by atoms with E-state index in [-0.39, 0.29) is 0 Å². The highest BCUT2D eigenvalue weighted by molar-refractivity contribution is 5.83. The average Bonchev–Trinajstić information content (AvgIpc) is 3.22. The lowest BCUT2D eigenvalue weighted by molar-refractivity contribution is -0.245. The molecule has 5 atom stereocenters. The Morgan fingerprint density at radius 2 is 1.89 bits per heavy atom. The van der Waals surface area contributed by atoms with Gasteiger partial charge >= 0.3 is 5.63 Å². The molecule has 3 aromatic rings. The van der Waals surface area contributed by atoms with Gasteiger partial charge in [0.15, 0.2) is 6.29 Å². The first-order chi connectivity index (χ1) is 13.5. The lowest BCUT2D eigenvalue weighted by atomic mass is 9.97. The number of hydrogen-bond acceptors (Lipinski definition) is 9. The van der Waals surface area contributed by atoms with E-state index in [9.17, 15) is 20.1 Å². The Hall–Kier alpha value is -2.69. The van der Waals surface area contributed by atoms with E-state index < -0.39 is 42.9 Å². The minimum absolute atomic E-state index is 0.291. The number of furan rings is 1. The predicted molar refractivity (Wildman–Crippen MR) is 97.6 cm³/mol. The van der Waals surface area contributed by atoms with Crippen molar-refractivity contribution in [1.29, 1.82) is 0 Å². The van der Waals surface area contributed by atoms with Gasteiger partial charge in [-0.3, -0.25) is 0 Å². The zero-order valence-corrected chi connectivity index (χ0v) is 14.6. The van der Waals surface area contributed by atoms with Gasteiger partial charge in [0.1, 0.15) is 41.3 Å². The number of fused-ring (bicyclic) bond motifs is 1. The first-order valence-electron chi connectivity index (χ1n) is 8.67. The molecule has 0 spiro atoms. The third-order valence-electron chi connectivity index (χ3n) is 4.76. The maximum absolute atomic E-state index is 12.2. The van der Waals surface area contributed by atoms with Gasteiger partial charge < -0.3 is 39.3 Å². The second-order valence-corrected chi connectivity index (χ2v) is 6.58. The van der Waals surface area contributed by atoms with Crippen LogP contribution < -0.4 is 10.9 Å². The third-order valence-corrected chi connectivity index (χ3v) is 4.76. The molecule has 2 aromatic heterocycles. The van der Waals surface area contributed by atoms with Gasteiger partial charge in [-0.05, 0) is 30.3 Å². The zero-order chi connectivity index (χ0) is 19.8. The summed E-state index contributed by atoms with van der Waals surface area (Å²) in [5.41, 5.74) is 0.451. The Labute approximate surface area is 158 Å². The molecule has 0 aliphatic carbocycles. The van der Waals surface area contributed by atoms with Crippen molar-refractivity contribution in [3.63, 3.8) is 0 Å². The summed E-state index contributed by atoms with van der Waals surface area (Å²) in [6, 6.07) is 8.82. The Morgan fingerprint density at radius 1 is 1.07 bits per heavy atom. The topological polar surface area (TPSA) is 146 Å². The first kappa shape index (κ1) is 18.7. The number of aliphatic hydroxyl groups excluding tert-OH is 4. The second-order valence-electron chi connectivity index (χ2n) is 6.58. The summed E-state index contributed by atoms with van der Waals surface area (Å²) in [5.74, 6) is 0.399. The van der Waals surface area contributed by atoms with E-state index in [0.717, 1.165) is 0 Å². The monoisotopic (exact) mass is 389 g/mol. The summed E-state index contributed by atoms with van der Waals surface area (Å²) >= 11 is 0. The molecule has 0 bridgehead atoms. The zero-order valence-electron chi connectivity index (χ0n) is 14.6. The van der Waals surface area contributed by atoms with Crippen molar-refractivity contribution in [1.82, 2.24) is 0 Å². The standard InChI is InChI=1S/C19H19NO8/c21-8-14-16(22)17(23)15(19(25)28-14)20-10-4-3-9-6-11(12-2-1-5-26-12)18(24)27-13(9)7-10/h1-7,14-17,19-23,25H,8H2/t14?,15?,16-,17?,19?/m0/s1. The first-order valence-corrected chi connectivity index (χ1v) is 8.67.